The summed E-state index contributed by atoms with van der Waals surface area (Å²) in [4.78, 5) is 16.2. The smallest absolute Gasteiger partial charge is 0.227 e. The average Bonchev–Trinajstić information content (AvgIpc) is 2.76. The first-order valence-corrected chi connectivity index (χ1v) is 6.73. The van der Waals surface area contributed by atoms with Crippen molar-refractivity contribution in [3.05, 3.63) is 18.5 Å². The number of nitrogens with zero attached hydrogens (tertiary/aromatic N) is 1. The van der Waals surface area contributed by atoms with Gasteiger partial charge in [-0.25, -0.2) is 0 Å². The molecule has 1 amide bonds. The molecule has 0 aliphatic heterocycles. The van der Waals surface area contributed by atoms with E-state index in [4.69, 9.17) is 10.5 Å². The Hall–Kier alpha value is -1.62. The number of carbonyl (C=O) groups excluding carboxylic acids is 1. The fourth-order valence-electron chi connectivity index (χ4n) is 3.34. The first kappa shape index (κ1) is 12.4. The SMILES string of the molecule is COc1cncc(NC(=O)C2CC3CC(N)C3C2)c1. The van der Waals surface area contributed by atoms with E-state index in [1.807, 2.05) is 0 Å². The van der Waals surface area contributed by atoms with Gasteiger partial charge in [-0.3, -0.25) is 9.78 Å². The van der Waals surface area contributed by atoms with Crippen LogP contribution < -0.4 is 15.8 Å². The van der Waals surface area contributed by atoms with Crippen LogP contribution in [0.2, 0.25) is 0 Å². The molecule has 2 aliphatic carbocycles. The van der Waals surface area contributed by atoms with Gasteiger partial charge in [0, 0.05) is 18.0 Å². The molecule has 0 saturated heterocycles. The van der Waals surface area contributed by atoms with E-state index < -0.39 is 0 Å². The number of aromatic nitrogens is 1. The van der Waals surface area contributed by atoms with Crippen LogP contribution in [0.15, 0.2) is 18.5 Å². The highest BCUT2D eigenvalue weighted by molar-refractivity contribution is 5.92. The molecule has 2 aliphatic rings. The van der Waals surface area contributed by atoms with Gasteiger partial charge in [-0.1, -0.05) is 0 Å². The van der Waals surface area contributed by atoms with Gasteiger partial charge < -0.3 is 15.8 Å². The average molecular weight is 261 g/mol. The molecule has 5 heteroatoms. The lowest BCUT2D eigenvalue weighted by Gasteiger charge is -2.37. The van der Waals surface area contributed by atoms with Gasteiger partial charge >= 0.3 is 0 Å². The third-order valence-electron chi connectivity index (χ3n) is 4.46. The number of methoxy groups -OCH3 is 1. The van der Waals surface area contributed by atoms with E-state index in [-0.39, 0.29) is 11.8 Å². The van der Waals surface area contributed by atoms with Crippen LogP contribution in [-0.2, 0) is 4.79 Å². The molecule has 0 spiro atoms. The van der Waals surface area contributed by atoms with Crippen molar-refractivity contribution in [2.75, 3.05) is 12.4 Å². The lowest BCUT2D eigenvalue weighted by atomic mass is 9.72. The zero-order valence-corrected chi connectivity index (χ0v) is 11.0. The van der Waals surface area contributed by atoms with Crippen molar-refractivity contribution in [3.8, 4) is 5.75 Å². The summed E-state index contributed by atoms with van der Waals surface area (Å²) in [5, 5.41) is 2.92. The summed E-state index contributed by atoms with van der Waals surface area (Å²) in [5.74, 6) is 2.03. The number of ether oxygens (including phenoxy) is 1. The van der Waals surface area contributed by atoms with Crippen LogP contribution in [0.4, 0.5) is 5.69 Å². The molecule has 1 aromatic heterocycles. The Bertz CT molecular complexity index is 491. The fraction of sp³-hybridized carbons (Fsp3) is 0.571. The van der Waals surface area contributed by atoms with Gasteiger partial charge in [0.25, 0.3) is 0 Å². The van der Waals surface area contributed by atoms with Crippen molar-refractivity contribution in [1.82, 2.24) is 4.98 Å². The van der Waals surface area contributed by atoms with Gasteiger partial charge in [0.2, 0.25) is 5.91 Å². The minimum Gasteiger partial charge on any atom is -0.495 e. The highest BCUT2D eigenvalue weighted by Crippen LogP contribution is 2.49. The maximum Gasteiger partial charge on any atom is 0.227 e. The van der Waals surface area contributed by atoms with Gasteiger partial charge in [-0.2, -0.15) is 0 Å². The molecule has 1 heterocycles. The highest BCUT2D eigenvalue weighted by atomic mass is 16.5. The summed E-state index contributed by atoms with van der Waals surface area (Å²) in [6, 6.07) is 2.08. The third kappa shape index (κ3) is 2.30. The molecule has 2 fully saturated rings. The number of hydrogen-bond acceptors (Lipinski definition) is 4. The van der Waals surface area contributed by atoms with E-state index in [9.17, 15) is 4.79 Å². The molecule has 19 heavy (non-hydrogen) atoms. The number of fused-ring (bicyclic) bond motifs is 1. The summed E-state index contributed by atoms with van der Waals surface area (Å²) in [7, 11) is 1.58. The molecule has 3 N–H and O–H groups in total. The Labute approximate surface area is 112 Å². The normalized spacial score (nSPS) is 32.3. The minimum atomic E-state index is 0.0802. The predicted molar refractivity (Wildman–Crippen MR) is 71.7 cm³/mol. The van der Waals surface area contributed by atoms with Gasteiger partial charge in [-0.15, -0.1) is 0 Å². The van der Waals surface area contributed by atoms with Crippen molar-refractivity contribution in [2.24, 2.45) is 23.5 Å². The maximum atomic E-state index is 12.2. The van der Waals surface area contributed by atoms with Gasteiger partial charge in [0.15, 0.2) is 0 Å². The summed E-state index contributed by atoms with van der Waals surface area (Å²) < 4.78 is 5.09. The number of hydrogen-bond donors (Lipinski definition) is 2. The first-order chi connectivity index (χ1) is 9.17. The van der Waals surface area contributed by atoms with Crippen molar-refractivity contribution < 1.29 is 9.53 Å². The molecular weight excluding hydrogens is 242 g/mol. The van der Waals surface area contributed by atoms with Crippen molar-refractivity contribution in [2.45, 2.75) is 25.3 Å². The number of nitrogens with two attached hydrogens (primary N) is 1. The topological polar surface area (TPSA) is 77.2 Å². The number of rotatable bonds is 3. The first-order valence-electron chi connectivity index (χ1n) is 6.73. The van der Waals surface area contributed by atoms with Crippen LogP contribution in [0.25, 0.3) is 0 Å². The molecule has 102 valence electrons. The van der Waals surface area contributed by atoms with Gasteiger partial charge in [0.05, 0.1) is 25.2 Å². The summed E-state index contributed by atoms with van der Waals surface area (Å²) in [6.07, 6.45) is 6.23. The lowest BCUT2D eigenvalue weighted by molar-refractivity contribution is -0.119. The van der Waals surface area contributed by atoms with E-state index in [1.165, 1.54) is 0 Å². The van der Waals surface area contributed by atoms with Crippen LogP contribution in [-0.4, -0.2) is 24.0 Å². The van der Waals surface area contributed by atoms with Gasteiger partial charge in [0.1, 0.15) is 5.75 Å². The van der Waals surface area contributed by atoms with Crippen LogP contribution in [0.1, 0.15) is 19.3 Å². The summed E-state index contributed by atoms with van der Waals surface area (Å²) in [6.45, 7) is 0. The second-order valence-corrected chi connectivity index (χ2v) is 5.59. The Morgan fingerprint density at radius 3 is 2.95 bits per heavy atom. The van der Waals surface area contributed by atoms with Gasteiger partial charge in [-0.05, 0) is 31.1 Å². The minimum absolute atomic E-state index is 0.0802. The van der Waals surface area contributed by atoms with E-state index in [0.29, 0.717) is 29.3 Å². The van der Waals surface area contributed by atoms with Crippen molar-refractivity contribution in [3.63, 3.8) is 0 Å². The standard InChI is InChI=1S/C14H19N3O2/c1-19-11-5-10(6-16-7-11)17-14(18)9-2-8-4-13(15)12(8)3-9/h5-9,12-13H,2-4,15H2,1H3,(H,17,18). The molecule has 0 bridgehead atoms. The molecule has 3 rings (SSSR count). The monoisotopic (exact) mass is 261 g/mol. The van der Waals surface area contributed by atoms with Crippen LogP contribution >= 0.6 is 0 Å². The zero-order chi connectivity index (χ0) is 13.4. The second-order valence-electron chi connectivity index (χ2n) is 5.59. The molecule has 0 aromatic carbocycles. The molecule has 1 aromatic rings. The van der Waals surface area contributed by atoms with E-state index in [2.05, 4.69) is 10.3 Å². The molecule has 2 saturated carbocycles. The second kappa shape index (κ2) is 4.81. The van der Waals surface area contributed by atoms with Crippen molar-refractivity contribution in [1.29, 1.82) is 0 Å². The number of carbonyl (C=O) groups is 1. The number of nitrogens with one attached hydrogen (secondary N) is 1. The van der Waals surface area contributed by atoms with Crippen LogP contribution in [0.3, 0.4) is 0 Å². The van der Waals surface area contributed by atoms with E-state index in [0.717, 1.165) is 19.3 Å². The summed E-state index contributed by atoms with van der Waals surface area (Å²) in [5.41, 5.74) is 6.65. The predicted octanol–water partition coefficient (Wildman–Crippen LogP) is 1.40. The van der Waals surface area contributed by atoms with E-state index in [1.54, 1.807) is 25.6 Å². The Morgan fingerprint density at radius 1 is 1.42 bits per heavy atom. The molecule has 4 unspecified atom stereocenters. The number of anilines is 1. The Balaban J connectivity index is 1.62. The Morgan fingerprint density at radius 2 is 2.26 bits per heavy atom. The maximum absolute atomic E-state index is 12.2. The molecule has 4 atom stereocenters. The fourth-order valence-corrected chi connectivity index (χ4v) is 3.34. The largest absolute Gasteiger partial charge is 0.495 e. The number of amides is 1. The molecule has 0 radical (unpaired) electrons. The molecule has 5 nitrogen and oxygen atoms in total. The number of pyridine rings is 1. The summed E-state index contributed by atoms with van der Waals surface area (Å²) >= 11 is 0. The Kier molecular flexibility index (Phi) is 3.14. The van der Waals surface area contributed by atoms with Crippen LogP contribution in [0.5, 0.6) is 5.75 Å². The third-order valence-corrected chi connectivity index (χ3v) is 4.46. The van der Waals surface area contributed by atoms with Crippen molar-refractivity contribution >= 4 is 11.6 Å². The van der Waals surface area contributed by atoms with E-state index >= 15 is 0 Å². The molecular formula is C14H19N3O2. The zero-order valence-electron chi connectivity index (χ0n) is 11.0. The lowest BCUT2D eigenvalue weighted by Crippen LogP contribution is -2.44. The van der Waals surface area contributed by atoms with Crippen LogP contribution in [0, 0.1) is 17.8 Å². The quantitative estimate of drug-likeness (QED) is 0.862. The highest BCUT2D eigenvalue weighted by Gasteiger charge is 2.47.